The zero-order valence-electron chi connectivity index (χ0n) is 14.8. The van der Waals surface area contributed by atoms with Crippen molar-refractivity contribution in [2.75, 3.05) is 10.6 Å². The highest BCUT2D eigenvalue weighted by Crippen LogP contribution is 2.16. The molecule has 0 aliphatic heterocycles. The Balaban J connectivity index is 1.65. The number of hydrogen-bond donors (Lipinski definition) is 2. The molecule has 2 N–H and O–H groups in total. The molecule has 0 atom stereocenters. The molecule has 0 spiro atoms. The van der Waals surface area contributed by atoms with Crippen molar-refractivity contribution in [3.63, 3.8) is 0 Å². The number of rotatable bonds is 5. The van der Waals surface area contributed by atoms with Crippen LogP contribution in [0.2, 0.25) is 5.02 Å². The first-order chi connectivity index (χ1) is 13.0. The van der Waals surface area contributed by atoms with Gasteiger partial charge in [0.25, 0.3) is 5.91 Å². The second kappa shape index (κ2) is 8.52. The predicted molar refractivity (Wildman–Crippen MR) is 109 cm³/mol. The van der Waals surface area contributed by atoms with Gasteiger partial charge in [0, 0.05) is 22.0 Å². The van der Waals surface area contributed by atoms with Crippen LogP contribution in [-0.4, -0.2) is 11.8 Å². The SMILES string of the molecule is Cc1cccc(NC(=O)c2cccc(NC(=O)Cc3ccc(Cl)cc3)c2)c1. The fourth-order valence-electron chi connectivity index (χ4n) is 2.66. The standard InChI is InChI=1S/C22H19ClN2O2/c1-15-4-2-6-19(12-15)25-22(27)17-5-3-7-20(14-17)24-21(26)13-16-8-10-18(23)11-9-16/h2-12,14H,13H2,1H3,(H,24,26)(H,25,27). The molecule has 2 amide bonds. The number of carbonyl (C=O) groups is 2. The fraction of sp³-hybridized carbons (Fsp3) is 0.0909. The Labute approximate surface area is 163 Å². The normalized spacial score (nSPS) is 10.3. The van der Waals surface area contributed by atoms with E-state index in [4.69, 9.17) is 11.6 Å². The van der Waals surface area contributed by atoms with Crippen LogP contribution in [0.5, 0.6) is 0 Å². The van der Waals surface area contributed by atoms with Gasteiger partial charge in [-0.15, -0.1) is 0 Å². The van der Waals surface area contributed by atoms with E-state index >= 15 is 0 Å². The Hall–Kier alpha value is -3.11. The maximum absolute atomic E-state index is 12.5. The minimum absolute atomic E-state index is 0.159. The summed E-state index contributed by atoms with van der Waals surface area (Å²) < 4.78 is 0. The summed E-state index contributed by atoms with van der Waals surface area (Å²) in [6, 6.07) is 21.6. The number of benzene rings is 3. The van der Waals surface area contributed by atoms with Gasteiger partial charge >= 0.3 is 0 Å². The Bertz CT molecular complexity index is 968. The lowest BCUT2D eigenvalue weighted by Gasteiger charge is -2.09. The molecule has 136 valence electrons. The second-order valence-corrected chi connectivity index (χ2v) is 6.69. The molecule has 0 aliphatic rings. The van der Waals surface area contributed by atoms with E-state index in [0.717, 1.165) is 16.8 Å². The number of amides is 2. The third-order valence-corrected chi connectivity index (χ3v) is 4.21. The number of hydrogen-bond acceptors (Lipinski definition) is 2. The van der Waals surface area contributed by atoms with Crippen LogP contribution in [-0.2, 0) is 11.2 Å². The lowest BCUT2D eigenvalue weighted by molar-refractivity contribution is -0.115. The highest BCUT2D eigenvalue weighted by Gasteiger charge is 2.09. The molecule has 4 nitrogen and oxygen atoms in total. The van der Waals surface area contributed by atoms with Crippen molar-refractivity contribution < 1.29 is 9.59 Å². The van der Waals surface area contributed by atoms with E-state index in [9.17, 15) is 9.59 Å². The molecule has 0 fully saturated rings. The summed E-state index contributed by atoms with van der Waals surface area (Å²) in [6.07, 6.45) is 0.233. The number of aryl methyl sites for hydroxylation is 1. The van der Waals surface area contributed by atoms with Crippen LogP contribution >= 0.6 is 11.6 Å². The third kappa shape index (κ3) is 5.43. The summed E-state index contributed by atoms with van der Waals surface area (Å²) in [5.74, 6) is -0.386. The summed E-state index contributed by atoms with van der Waals surface area (Å²) in [4.78, 5) is 24.7. The largest absolute Gasteiger partial charge is 0.326 e. The van der Waals surface area contributed by atoms with Gasteiger partial charge in [-0.2, -0.15) is 0 Å². The number of nitrogens with one attached hydrogen (secondary N) is 2. The van der Waals surface area contributed by atoms with Crippen LogP contribution in [0, 0.1) is 6.92 Å². The van der Waals surface area contributed by atoms with E-state index in [-0.39, 0.29) is 18.2 Å². The molecule has 27 heavy (non-hydrogen) atoms. The third-order valence-electron chi connectivity index (χ3n) is 3.96. The van der Waals surface area contributed by atoms with Gasteiger partial charge in [-0.25, -0.2) is 0 Å². The van der Waals surface area contributed by atoms with Crippen LogP contribution in [0.3, 0.4) is 0 Å². The topological polar surface area (TPSA) is 58.2 Å². The number of halogens is 1. The molecular weight excluding hydrogens is 360 g/mol. The van der Waals surface area contributed by atoms with E-state index in [1.807, 2.05) is 43.3 Å². The van der Waals surface area contributed by atoms with Gasteiger partial charge < -0.3 is 10.6 Å². The summed E-state index contributed by atoms with van der Waals surface area (Å²) in [6.45, 7) is 1.96. The molecule has 0 radical (unpaired) electrons. The zero-order chi connectivity index (χ0) is 19.2. The molecule has 3 aromatic carbocycles. The Morgan fingerprint density at radius 2 is 1.52 bits per heavy atom. The van der Waals surface area contributed by atoms with Gasteiger partial charge in [-0.3, -0.25) is 9.59 Å². The van der Waals surface area contributed by atoms with E-state index < -0.39 is 0 Å². The van der Waals surface area contributed by atoms with Crippen LogP contribution in [0.25, 0.3) is 0 Å². The first-order valence-corrected chi connectivity index (χ1v) is 8.90. The Kier molecular flexibility index (Phi) is 5.89. The molecule has 0 bridgehead atoms. The van der Waals surface area contributed by atoms with Crippen LogP contribution in [0.15, 0.2) is 72.8 Å². The van der Waals surface area contributed by atoms with E-state index in [1.54, 1.807) is 36.4 Å². The van der Waals surface area contributed by atoms with E-state index in [2.05, 4.69) is 10.6 Å². The summed E-state index contributed by atoms with van der Waals surface area (Å²) in [7, 11) is 0. The summed E-state index contributed by atoms with van der Waals surface area (Å²) in [5, 5.41) is 6.31. The zero-order valence-corrected chi connectivity index (χ0v) is 15.6. The van der Waals surface area contributed by atoms with E-state index in [1.165, 1.54) is 0 Å². The Morgan fingerprint density at radius 1 is 0.852 bits per heavy atom. The minimum Gasteiger partial charge on any atom is -0.326 e. The van der Waals surface area contributed by atoms with Crippen LogP contribution < -0.4 is 10.6 Å². The molecule has 0 saturated carbocycles. The number of anilines is 2. The van der Waals surface area contributed by atoms with Gasteiger partial charge in [-0.05, 0) is 60.5 Å². The average Bonchev–Trinajstić information content (AvgIpc) is 2.64. The van der Waals surface area contributed by atoms with Crippen molar-refractivity contribution in [3.8, 4) is 0 Å². The first kappa shape index (κ1) is 18.7. The van der Waals surface area contributed by atoms with Crippen molar-refractivity contribution in [1.29, 1.82) is 0 Å². The van der Waals surface area contributed by atoms with Crippen LogP contribution in [0.1, 0.15) is 21.5 Å². The molecule has 0 saturated heterocycles. The molecule has 3 rings (SSSR count). The minimum atomic E-state index is -0.227. The molecule has 0 aliphatic carbocycles. The van der Waals surface area contributed by atoms with Gasteiger partial charge in [0.2, 0.25) is 5.91 Å². The molecule has 0 aromatic heterocycles. The molecule has 3 aromatic rings. The molecule has 0 unspecified atom stereocenters. The summed E-state index contributed by atoms with van der Waals surface area (Å²) in [5.41, 5.74) is 3.71. The molecule has 5 heteroatoms. The monoisotopic (exact) mass is 378 g/mol. The van der Waals surface area contributed by atoms with Crippen LogP contribution in [0.4, 0.5) is 11.4 Å². The van der Waals surface area contributed by atoms with Gasteiger partial charge in [0.15, 0.2) is 0 Å². The quantitative estimate of drug-likeness (QED) is 0.650. The van der Waals surface area contributed by atoms with Crippen molar-refractivity contribution in [3.05, 3.63) is 94.5 Å². The van der Waals surface area contributed by atoms with Gasteiger partial charge in [0.1, 0.15) is 0 Å². The highest BCUT2D eigenvalue weighted by atomic mass is 35.5. The lowest BCUT2D eigenvalue weighted by Crippen LogP contribution is -2.16. The highest BCUT2D eigenvalue weighted by molar-refractivity contribution is 6.30. The fourth-order valence-corrected chi connectivity index (χ4v) is 2.78. The molecule has 0 heterocycles. The van der Waals surface area contributed by atoms with Crippen molar-refractivity contribution in [1.82, 2.24) is 0 Å². The summed E-state index contributed by atoms with van der Waals surface area (Å²) >= 11 is 5.85. The van der Waals surface area contributed by atoms with Gasteiger partial charge in [0.05, 0.1) is 6.42 Å². The van der Waals surface area contributed by atoms with Crippen molar-refractivity contribution in [2.24, 2.45) is 0 Å². The maximum atomic E-state index is 12.5. The number of carbonyl (C=O) groups excluding carboxylic acids is 2. The van der Waals surface area contributed by atoms with Crippen molar-refractivity contribution in [2.45, 2.75) is 13.3 Å². The van der Waals surface area contributed by atoms with E-state index in [0.29, 0.717) is 16.3 Å². The first-order valence-electron chi connectivity index (χ1n) is 8.52. The lowest BCUT2D eigenvalue weighted by atomic mass is 10.1. The van der Waals surface area contributed by atoms with Crippen molar-refractivity contribution >= 4 is 34.8 Å². The van der Waals surface area contributed by atoms with Gasteiger partial charge in [-0.1, -0.05) is 41.9 Å². The maximum Gasteiger partial charge on any atom is 0.255 e. The average molecular weight is 379 g/mol. The predicted octanol–water partition coefficient (Wildman–Crippen LogP) is 5.08. The molecular formula is C22H19ClN2O2. The smallest absolute Gasteiger partial charge is 0.255 e. The Morgan fingerprint density at radius 3 is 2.22 bits per heavy atom. The second-order valence-electron chi connectivity index (χ2n) is 6.26.